The molecule has 0 aromatic heterocycles. The van der Waals surface area contributed by atoms with Crippen LogP contribution in [0.1, 0.15) is 25.7 Å². The van der Waals surface area contributed by atoms with Crippen LogP contribution in [0.5, 0.6) is 11.5 Å². The van der Waals surface area contributed by atoms with Gasteiger partial charge >= 0.3 is 0 Å². The van der Waals surface area contributed by atoms with Crippen LogP contribution in [-0.4, -0.2) is 52.5 Å². The van der Waals surface area contributed by atoms with Crippen molar-refractivity contribution in [2.45, 2.75) is 30.6 Å². The Morgan fingerprint density at radius 3 is 2.35 bits per heavy atom. The molecule has 1 saturated carbocycles. The molecule has 8 heteroatoms. The lowest BCUT2D eigenvalue weighted by atomic mass is 9.97. The maximum absolute atomic E-state index is 12.9. The number of nitrogens with zero attached hydrogens (tertiary/aromatic N) is 1. The summed E-state index contributed by atoms with van der Waals surface area (Å²) < 4.78 is 37.6. The maximum Gasteiger partial charge on any atom is 0.243 e. The first kappa shape index (κ1) is 19.0. The van der Waals surface area contributed by atoms with Crippen molar-refractivity contribution < 1.29 is 22.7 Å². The minimum atomic E-state index is -3.62. The van der Waals surface area contributed by atoms with Gasteiger partial charge in [0.2, 0.25) is 15.9 Å². The predicted octanol–water partition coefficient (Wildman–Crippen LogP) is 1.63. The van der Waals surface area contributed by atoms with Crippen LogP contribution in [0.3, 0.4) is 0 Å². The Hall–Kier alpha value is -1.80. The molecule has 0 bridgehead atoms. The van der Waals surface area contributed by atoms with Crippen LogP contribution in [0, 0.1) is 11.8 Å². The minimum absolute atomic E-state index is 0.0556. The van der Waals surface area contributed by atoms with Gasteiger partial charge in [-0.3, -0.25) is 4.79 Å². The normalized spacial score (nSPS) is 19.2. The summed E-state index contributed by atoms with van der Waals surface area (Å²) in [5.74, 6) is 1.45. The number of methoxy groups -OCH3 is 2. The van der Waals surface area contributed by atoms with E-state index >= 15 is 0 Å². The number of piperidine rings is 1. The first-order valence-electron chi connectivity index (χ1n) is 8.95. The molecule has 2 fully saturated rings. The van der Waals surface area contributed by atoms with Crippen molar-refractivity contribution in [3.63, 3.8) is 0 Å². The van der Waals surface area contributed by atoms with Crippen LogP contribution < -0.4 is 14.8 Å². The summed E-state index contributed by atoms with van der Waals surface area (Å²) in [4.78, 5) is 12.4. The molecule has 0 spiro atoms. The van der Waals surface area contributed by atoms with Crippen molar-refractivity contribution in [1.29, 1.82) is 0 Å². The highest BCUT2D eigenvalue weighted by Crippen LogP contribution is 2.32. The van der Waals surface area contributed by atoms with E-state index in [9.17, 15) is 13.2 Å². The zero-order chi connectivity index (χ0) is 18.7. The number of carbonyl (C=O) groups excluding carboxylic acids is 1. The zero-order valence-corrected chi connectivity index (χ0v) is 16.0. The quantitative estimate of drug-likeness (QED) is 0.775. The van der Waals surface area contributed by atoms with E-state index in [0.717, 1.165) is 6.54 Å². The first-order valence-corrected chi connectivity index (χ1v) is 10.4. The molecule has 1 aliphatic carbocycles. The van der Waals surface area contributed by atoms with E-state index < -0.39 is 10.0 Å². The number of nitrogens with one attached hydrogen (secondary N) is 1. The van der Waals surface area contributed by atoms with Crippen molar-refractivity contribution in [2.24, 2.45) is 11.8 Å². The summed E-state index contributed by atoms with van der Waals surface area (Å²) >= 11 is 0. The van der Waals surface area contributed by atoms with Gasteiger partial charge in [-0.1, -0.05) is 0 Å². The zero-order valence-electron chi connectivity index (χ0n) is 15.2. The predicted molar refractivity (Wildman–Crippen MR) is 96.8 cm³/mol. The molecule has 26 heavy (non-hydrogen) atoms. The fourth-order valence-electron chi connectivity index (χ4n) is 3.20. The summed E-state index contributed by atoms with van der Waals surface area (Å²) in [6.07, 6.45) is 3.48. The molecule has 1 aliphatic heterocycles. The van der Waals surface area contributed by atoms with Gasteiger partial charge < -0.3 is 14.8 Å². The van der Waals surface area contributed by atoms with Crippen LogP contribution >= 0.6 is 0 Å². The molecule has 3 rings (SSSR count). The van der Waals surface area contributed by atoms with Crippen LogP contribution in [0.4, 0.5) is 0 Å². The maximum atomic E-state index is 12.9. The van der Waals surface area contributed by atoms with Gasteiger partial charge in [-0.2, -0.15) is 4.31 Å². The Kier molecular flexibility index (Phi) is 5.72. The number of hydrogen-bond donors (Lipinski definition) is 1. The molecule has 7 nitrogen and oxygen atoms in total. The number of carbonyl (C=O) groups is 1. The molecule has 0 unspecified atom stereocenters. The van der Waals surface area contributed by atoms with Gasteiger partial charge in [0, 0.05) is 31.6 Å². The highest BCUT2D eigenvalue weighted by Gasteiger charge is 2.33. The second-order valence-corrected chi connectivity index (χ2v) is 8.82. The smallest absolute Gasteiger partial charge is 0.243 e. The van der Waals surface area contributed by atoms with Gasteiger partial charge in [0.25, 0.3) is 0 Å². The van der Waals surface area contributed by atoms with E-state index in [4.69, 9.17) is 9.47 Å². The van der Waals surface area contributed by atoms with Crippen molar-refractivity contribution in [1.82, 2.24) is 9.62 Å². The number of benzene rings is 1. The third-order valence-electron chi connectivity index (χ3n) is 5.08. The SMILES string of the molecule is COc1ccc(S(=O)(=O)N2CCC(C(=O)NCC3CC3)CC2)cc1OC. The Labute approximate surface area is 154 Å². The minimum Gasteiger partial charge on any atom is -0.493 e. The molecule has 1 heterocycles. The molecular weight excluding hydrogens is 356 g/mol. The van der Waals surface area contributed by atoms with Gasteiger partial charge in [-0.25, -0.2) is 8.42 Å². The number of hydrogen-bond acceptors (Lipinski definition) is 5. The fourth-order valence-corrected chi connectivity index (χ4v) is 4.68. The highest BCUT2D eigenvalue weighted by molar-refractivity contribution is 7.89. The lowest BCUT2D eigenvalue weighted by molar-refractivity contribution is -0.126. The van der Waals surface area contributed by atoms with Crippen molar-refractivity contribution in [2.75, 3.05) is 33.9 Å². The summed E-state index contributed by atoms with van der Waals surface area (Å²) in [7, 11) is -0.641. The monoisotopic (exact) mass is 382 g/mol. The Morgan fingerprint density at radius 1 is 1.12 bits per heavy atom. The summed E-state index contributed by atoms with van der Waals surface area (Å²) in [5, 5.41) is 2.99. The highest BCUT2D eigenvalue weighted by atomic mass is 32.2. The molecule has 2 aliphatic rings. The fraction of sp³-hybridized carbons (Fsp3) is 0.611. The Bertz CT molecular complexity index is 753. The molecular formula is C18H26N2O5S. The van der Waals surface area contributed by atoms with Gasteiger partial charge in [0.1, 0.15) is 0 Å². The average Bonchev–Trinajstić information content (AvgIpc) is 3.50. The Balaban J connectivity index is 1.63. The van der Waals surface area contributed by atoms with E-state index in [1.807, 2.05) is 0 Å². The second-order valence-electron chi connectivity index (χ2n) is 6.88. The summed E-state index contributed by atoms with van der Waals surface area (Å²) in [5.41, 5.74) is 0. The molecule has 1 aromatic rings. The molecule has 1 aromatic carbocycles. The van der Waals surface area contributed by atoms with Crippen LogP contribution in [0.25, 0.3) is 0 Å². The van der Waals surface area contributed by atoms with E-state index in [2.05, 4.69) is 5.32 Å². The van der Waals surface area contributed by atoms with Crippen LogP contribution in [0.15, 0.2) is 23.1 Å². The molecule has 1 N–H and O–H groups in total. The van der Waals surface area contributed by atoms with Crippen LogP contribution in [0.2, 0.25) is 0 Å². The van der Waals surface area contributed by atoms with E-state index in [1.54, 1.807) is 6.07 Å². The van der Waals surface area contributed by atoms with Gasteiger partial charge in [-0.15, -0.1) is 0 Å². The number of sulfonamides is 1. The van der Waals surface area contributed by atoms with Crippen molar-refractivity contribution in [3.8, 4) is 11.5 Å². The van der Waals surface area contributed by atoms with E-state index in [0.29, 0.717) is 43.3 Å². The molecule has 1 amide bonds. The van der Waals surface area contributed by atoms with Gasteiger partial charge in [0.15, 0.2) is 11.5 Å². The Morgan fingerprint density at radius 2 is 1.77 bits per heavy atom. The first-order chi connectivity index (χ1) is 12.5. The lowest BCUT2D eigenvalue weighted by Gasteiger charge is -2.30. The standard InChI is InChI=1S/C18H26N2O5S/c1-24-16-6-5-15(11-17(16)25-2)26(22,23)20-9-7-14(8-10-20)18(21)19-12-13-3-4-13/h5-6,11,13-14H,3-4,7-10,12H2,1-2H3,(H,19,21). The van der Waals surface area contributed by atoms with Gasteiger partial charge in [-0.05, 0) is 43.7 Å². The van der Waals surface area contributed by atoms with E-state index in [1.165, 1.54) is 43.5 Å². The topological polar surface area (TPSA) is 84.9 Å². The van der Waals surface area contributed by atoms with Gasteiger partial charge in [0.05, 0.1) is 19.1 Å². The third kappa shape index (κ3) is 4.12. The van der Waals surface area contributed by atoms with Crippen LogP contribution in [-0.2, 0) is 14.8 Å². The van der Waals surface area contributed by atoms with E-state index in [-0.39, 0.29) is 16.7 Å². The largest absolute Gasteiger partial charge is 0.493 e. The number of rotatable bonds is 7. The molecule has 144 valence electrons. The third-order valence-corrected chi connectivity index (χ3v) is 6.97. The number of ether oxygens (including phenoxy) is 2. The molecule has 0 atom stereocenters. The van der Waals surface area contributed by atoms with Crippen molar-refractivity contribution >= 4 is 15.9 Å². The lowest BCUT2D eigenvalue weighted by Crippen LogP contribution is -2.43. The summed E-state index contributed by atoms with van der Waals surface area (Å²) in [6, 6.07) is 4.58. The molecule has 1 saturated heterocycles. The molecule has 0 radical (unpaired) electrons. The summed E-state index contributed by atoms with van der Waals surface area (Å²) in [6.45, 7) is 1.44. The second kappa shape index (κ2) is 7.84. The number of amides is 1. The van der Waals surface area contributed by atoms with Crippen molar-refractivity contribution in [3.05, 3.63) is 18.2 Å². The average molecular weight is 382 g/mol.